The fourth-order valence-corrected chi connectivity index (χ4v) is 1.61. The SMILES string of the molecule is C/C(=C\C1CCC=CO1)CNCC(C)C. The number of hydrogen-bond acceptors (Lipinski definition) is 2. The van der Waals surface area contributed by atoms with E-state index in [0.29, 0.717) is 5.92 Å². The highest BCUT2D eigenvalue weighted by atomic mass is 16.5. The zero-order valence-corrected chi connectivity index (χ0v) is 10.1. The van der Waals surface area contributed by atoms with Crippen LogP contribution in [0.2, 0.25) is 0 Å². The molecule has 0 radical (unpaired) electrons. The van der Waals surface area contributed by atoms with Gasteiger partial charge in [-0.15, -0.1) is 0 Å². The van der Waals surface area contributed by atoms with E-state index in [9.17, 15) is 0 Å². The first-order valence-electron chi connectivity index (χ1n) is 5.87. The maximum Gasteiger partial charge on any atom is 0.116 e. The van der Waals surface area contributed by atoms with Crippen LogP contribution in [-0.2, 0) is 4.74 Å². The Balaban J connectivity index is 2.22. The minimum Gasteiger partial charge on any atom is -0.494 e. The minimum absolute atomic E-state index is 0.288. The molecule has 0 saturated carbocycles. The average molecular weight is 209 g/mol. The van der Waals surface area contributed by atoms with Crippen LogP contribution in [0.4, 0.5) is 0 Å². The van der Waals surface area contributed by atoms with Crippen LogP contribution in [0.15, 0.2) is 24.0 Å². The number of allylic oxidation sites excluding steroid dienone is 1. The normalized spacial score (nSPS) is 21.9. The van der Waals surface area contributed by atoms with Crippen molar-refractivity contribution in [3.8, 4) is 0 Å². The molecule has 0 aromatic heterocycles. The Morgan fingerprint density at radius 2 is 2.40 bits per heavy atom. The van der Waals surface area contributed by atoms with Gasteiger partial charge in [-0.1, -0.05) is 19.4 Å². The molecule has 1 unspecified atom stereocenters. The first kappa shape index (κ1) is 12.3. The molecule has 86 valence electrons. The number of rotatable bonds is 5. The van der Waals surface area contributed by atoms with Crippen LogP contribution in [0, 0.1) is 5.92 Å². The second-order valence-electron chi connectivity index (χ2n) is 4.66. The van der Waals surface area contributed by atoms with Crippen molar-refractivity contribution in [2.24, 2.45) is 5.92 Å². The smallest absolute Gasteiger partial charge is 0.116 e. The molecule has 0 aromatic rings. The standard InChI is InChI=1S/C13H23NO/c1-11(2)9-14-10-12(3)8-13-6-4-5-7-15-13/h5,7-8,11,13-14H,4,6,9-10H2,1-3H3/b12-8+. The molecule has 1 aliphatic heterocycles. The van der Waals surface area contributed by atoms with Gasteiger partial charge in [0.15, 0.2) is 0 Å². The van der Waals surface area contributed by atoms with E-state index in [-0.39, 0.29) is 6.10 Å². The average Bonchev–Trinajstić information content (AvgIpc) is 2.18. The lowest BCUT2D eigenvalue weighted by atomic mass is 10.1. The lowest BCUT2D eigenvalue weighted by Gasteiger charge is -2.17. The van der Waals surface area contributed by atoms with Gasteiger partial charge in [0.1, 0.15) is 6.10 Å². The predicted molar refractivity (Wildman–Crippen MR) is 64.7 cm³/mol. The molecule has 0 saturated heterocycles. The van der Waals surface area contributed by atoms with E-state index >= 15 is 0 Å². The summed E-state index contributed by atoms with van der Waals surface area (Å²) in [6.07, 6.45) is 8.66. The second-order valence-corrected chi connectivity index (χ2v) is 4.66. The second kappa shape index (κ2) is 6.67. The molecule has 2 nitrogen and oxygen atoms in total. The molecule has 0 aromatic carbocycles. The van der Waals surface area contributed by atoms with Crippen molar-refractivity contribution in [3.63, 3.8) is 0 Å². The topological polar surface area (TPSA) is 21.3 Å². The van der Waals surface area contributed by atoms with Crippen LogP contribution in [0.25, 0.3) is 0 Å². The van der Waals surface area contributed by atoms with Gasteiger partial charge in [-0.05, 0) is 44.4 Å². The Morgan fingerprint density at radius 3 is 3.00 bits per heavy atom. The zero-order chi connectivity index (χ0) is 11.1. The lowest BCUT2D eigenvalue weighted by Crippen LogP contribution is -2.22. The summed E-state index contributed by atoms with van der Waals surface area (Å²) in [6, 6.07) is 0. The van der Waals surface area contributed by atoms with E-state index in [1.807, 2.05) is 6.26 Å². The Hall–Kier alpha value is -0.760. The van der Waals surface area contributed by atoms with Gasteiger partial charge in [0, 0.05) is 6.54 Å². The van der Waals surface area contributed by atoms with Gasteiger partial charge >= 0.3 is 0 Å². The summed E-state index contributed by atoms with van der Waals surface area (Å²) in [7, 11) is 0. The molecular formula is C13H23NO. The summed E-state index contributed by atoms with van der Waals surface area (Å²) in [4.78, 5) is 0. The quantitative estimate of drug-likeness (QED) is 0.703. The molecule has 1 heterocycles. The Kier molecular flexibility index (Phi) is 5.48. The van der Waals surface area contributed by atoms with Crippen LogP contribution in [0.3, 0.4) is 0 Å². The first-order chi connectivity index (χ1) is 7.18. The summed E-state index contributed by atoms with van der Waals surface area (Å²) in [5.41, 5.74) is 1.37. The Bertz CT molecular complexity index is 231. The molecule has 0 aliphatic carbocycles. The summed E-state index contributed by atoms with van der Waals surface area (Å²) in [5, 5.41) is 3.43. The molecule has 15 heavy (non-hydrogen) atoms. The van der Waals surface area contributed by atoms with Crippen LogP contribution in [0.1, 0.15) is 33.6 Å². The first-order valence-corrected chi connectivity index (χ1v) is 5.87. The molecule has 0 amide bonds. The Morgan fingerprint density at radius 1 is 1.60 bits per heavy atom. The predicted octanol–water partition coefficient (Wildman–Crippen LogP) is 2.87. The molecule has 0 spiro atoms. The van der Waals surface area contributed by atoms with E-state index in [1.165, 1.54) is 5.57 Å². The third-order valence-electron chi connectivity index (χ3n) is 2.39. The monoisotopic (exact) mass is 209 g/mol. The fourth-order valence-electron chi connectivity index (χ4n) is 1.61. The van der Waals surface area contributed by atoms with Gasteiger partial charge in [-0.2, -0.15) is 0 Å². The van der Waals surface area contributed by atoms with Gasteiger partial charge in [0.2, 0.25) is 0 Å². The molecule has 0 fully saturated rings. The van der Waals surface area contributed by atoms with Crippen molar-refractivity contribution >= 4 is 0 Å². The molecule has 1 rings (SSSR count). The Labute approximate surface area is 93.4 Å². The molecule has 2 heteroatoms. The largest absolute Gasteiger partial charge is 0.494 e. The minimum atomic E-state index is 0.288. The summed E-state index contributed by atoms with van der Waals surface area (Å²) in [5.74, 6) is 0.715. The highest BCUT2D eigenvalue weighted by Gasteiger charge is 2.07. The molecule has 0 bridgehead atoms. The van der Waals surface area contributed by atoms with Crippen molar-refractivity contribution in [1.82, 2.24) is 5.32 Å². The van der Waals surface area contributed by atoms with Crippen LogP contribution < -0.4 is 5.32 Å². The van der Waals surface area contributed by atoms with Crippen molar-refractivity contribution in [3.05, 3.63) is 24.0 Å². The van der Waals surface area contributed by atoms with Crippen LogP contribution in [-0.4, -0.2) is 19.2 Å². The van der Waals surface area contributed by atoms with E-state index in [4.69, 9.17) is 4.74 Å². The fraction of sp³-hybridized carbons (Fsp3) is 0.692. The van der Waals surface area contributed by atoms with Crippen molar-refractivity contribution in [2.45, 2.75) is 39.7 Å². The van der Waals surface area contributed by atoms with Crippen molar-refractivity contribution in [1.29, 1.82) is 0 Å². The third-order valence-corrected chi connectivity index (χ3v) is 2.39. The summed E-state index contributed by atoms with van der Waals surface area (Å²) < 4.78 is 5.49. The molecular weight excluding hydrogens is 186 g/mol. The van der Waals surface area contributed by atoms with Gasteiger partial charge in [-0.3, -0.25) is 0 Å². The van der Waals surface area contributed by atoms with Crippen LogP contribution >= 0.6 is 0 Å². The van der Waals surface area contributed by atoms with Gasteiger partial charge in [-0.25, -0.2) is 0 Å². The maximum absolute atomic E-state index is 5.49. The maximum atomic E-state index is 5.49. The van der Waals surface area contributed by atoms with Gasteiger partial charge < -0.3 is 10.1 Å². The molecule has 1 aliphatic rings. The van der Waals surface area contributed by atoms with Crippen LogP contribution in [0.5, 0.6) is 0 Å². The van der Waals surface area contributed by atoms with Crippen molar-refractivity contribution in [2.75, 3.05) is 13.1 Å². The zero-order valence-electron chi connectivity index (χ0n) is 10.1. The number of hydrogen-bond donors (Lipinski definition) is 1. The van der Waals surface area contributed by atoms with E-state index < -0.39 is 0 Å². The lowest BCUT2D eigenvalue weighted by molar-refractivity contribution is 0.164. The van der Waals surface area contributed by atoms with E-state index in [1.54, 1.807) is 0 Å². The highest BCUT2D eigenvalue weighted by Crippen LogP contribution is 2.12. The highest BCUT2D eigenvalue weighted by molar-refractivity contribution is 5.06. The van der Waals surface area contributed by atoms with Gasteiger partial charge in [0.25, 0.3) is 0 Å². The summed E-state index contributed by atoms with van der Waals surface area (Å²) >= 11 is 0. The number of ether oxygens (including phenoxy) is 1. The molecule has 1 N–H and O–H groups in total. The van der Waals surface area contributed by atoms with E-state index in [2.05, 4.69) is 38.2 Å². The van der Waals surface area contributed by atoms with Gasteiger partial charge in [0.05, 0.1) is 6.26 Å². The van der Waals surface area contributed by atoms with Crippen molar-refractivity contribution < 1.29 is 4.74 Å². The summed E-state index contributed by atoms with van der Waals surface area (Å²) in [6.45, 7) is 8.66. The van der Waals surface area contributed by atoms with E-state index in [0.717, 1.165) is 25.9 Å². The number of nitrogens with one attached hydrogen (secondary N) is 1. The molecule has 1 atom stereocenters. The third kappa shape index (κ3) is 5.63.